The predicted molar refractivity (Wildman–Crippen MR) is 90.4 cm³/mol. The van der Waals surface area contributed by atoms with Gasteiger partial charge in [-0.05, 0) is 31.7 Å². The first kappa shape index (κ1) is 15.0. The Bertz CT molecular complexity index is 633. The lowest BCUT2D eigenvalue weighted by Gasteiger charge is -2.31. The van der Waals surface area contributed by atoms with E-state index >= 15 is 0 Å². The summed E-state index contributed by atoms with van der Waals surface area (Å²) in [6, 6.07) is 10.4. The minimum atomic E-state index is -0.434. The van der Waals surface area contributed by atoms with Crippen LogP contribution < -0.4 is 0 Å². The quantitative estimate of drug-likeness (QED) is 0.601. The van der Waals surface area contributed by atoms with Gasteiger partial charge in [0.2, 0.25) is 0 Å². The highest BCUT2D eigenvalue weighted by molar-refractivity contribution is 5.89. The lowest BCUT2D eigenvalue weighted by atomic mass is 9.88. The Morgan fingerprint density at radius 1 is 1.19 bits per heavy atom. The summed E-state index contributed by atoms with van der Waals surface area (Å²) >= 11 is 0. The average Bonchev–Trinajstić information content (AvgIpc) is 2.66. The van der Waals surface area contributed by atoms with Gasteiger partial charge in [-0.1, -0.05) is 49.1 Å². The molecule has 1 aliphatic heterocycles. The first-order chi connectivity index (χ1) is 10.0. The van der Waals surface area contributed by atoms with Gasteiger partial charge in [-0.25, -0.2) is 4.58 Å². The van der Waals surface area contributed by atoms with Crippen molar-refractivity contribution >= 4 is 5.71 Å². The summed E-state index contributed by atoms with van der Waals surface area (Å²) in [6.45, 7) is 10.5. The summed E-state index contributed by atoms with van der Waals surface area (Å²) in [4.78, 5) is 2.03. The van der Waals surface area contributed by atoms with Gasteiger partial charge >= 0.3 is 0 Å². The molecule has 0 saturated heterocycles. The van der Waals surface area contributed by atoms with E-state index in [0.29, 0.717) is 0 Å². The van der Waals surface area contributed by atoms with Crippen LogP contribution in [0.5, 0.6) is 0 Å². The van der Waals surface area contributed by atoms with E-state index in [1.807, 2.05) is 31.1 Å². The van der Waals surface area contributed by atoms with Crippen LogP contribution in [0.15, 0.2) is 79.7 Å². The molecule has 2 heteroatoms. The number of nitrogens with zero attached hydrogens (tertiary/aromatic N) is 2. The Labute approximate surface area is 127 Å². The molecule has 0 fully saturated rings. The smallest absolute Gasteiger partial charge is 0.268 e. The molecule has 108 valence electrons. The fourth-order valence-electron chi connectivity index (χ4n) is 2.66. The molecule has 21 heavy (non-hydrogen) atoms. The van der Waals surface area contributed by atoms with Gasteiger partial charge in [0.05, 0.1) is 14.1 Å². The van der Waals surface area contributed by atoms with Gasteiger partial charge in [-0.2, -0.15) is 0 Å². The standard InChI is InChI=1S/C19H23N2/c1-6-19(18-13-8-7-9-14-18)15-11-10-12-16(2)21(19)17(3)20(4)5/h6-15H,1,3H2,2,4-5H3/q+1. The second kappa shape index (κ2) is 5.96. The van der Waals surface area contributed by atoms with Crippen LogP contribution in [0.1, 0.15) is 12.5 Å². The van der Waals surface area contributed by atoms with E-state index in [-0.39, 0.29) is 0 Å². The summed E-state index contributed by atoms with van der Waals surface area (Å²) in [5.74, 6) is 0.924. The molecule has 0 N–H and O–H groups in total. The van der Waals surface area contributed by atoms with Gasteiger partial charge in [0.1, 0.15) is 5.71 Å². The number of hydrogen-bond donors (Lipinski definition) is 0. The third-order valence-corrected chi connectivity index (χ3v) is 3.84. The summed E-state index contributed by atoms with van der Waals surface area (Å²) in [5.41, 5.74) is 1.86. The van der Waals surface area contributed by atoms with Gasteiger partial charge in [-0.3, -0.25) is 4.90 Å². The van der Waals surface area contributed by atoms with Crippen LogP contribution in [0.25, 0.3) is 0 Å². The van der Waals surface area contributed by atoms with E-state index in [4.69, 9.17) is 0 Å². The molecule has 0 aliphatic carbocycles. The van der Waals surface area contributed by atoms with Crippen LogP contribution in [0.4, 0.5) is 0 Å². The molecule has 1 atom stereocenters. The second-order valence-electron chi connectivity index (χ2n) is 5.40. The summed E-state index contributed by atoms with van der Waals surface area (Å²) < 4.78 is 2.22. The molecule has 1 aromatic carbocycles. The van der Waals surface area contributed by atoms with E-state index in [1.165, 1.54) is 5.56 Å². The normalized spacial score (nSPS) is 21.1. The van der Waals surface area contributed by atoms with Crippen LogP contribution in [-0.4, -0.2) is 29.3 Å². The zero-order valence-electron chi connectivity index (χ0n) is 13.1. The summed E-state index contributed by atoms with van der Waals surface area (Å²) in [6.07, 6.45) is 10.4. The molecule has 2 rings (SSSR count). The molecule has 1 aromatic rings. The number of benzene rings is 1. The van der Waals surface area contributed by atoms with Gasteiger partial charge in [0.15, 0.2) is 5.54 Å². The number of rotatable bonds is 4. The lowest BCUT2D eigenvalue weighted by Crippen LogP contribution is -2.41. The summed E-state index contributed by atoms with van der Waals surface area (Å²) in [7, 11) is 4.01. The number of allylic oxidation sites excluding steroid dienone is 3. The minimum absolute atomic E-state index is 0.434. The second-order valence-corrected chi connectivity index (χ2v) is 5.40. The Morgan fingerprint density at radius 3 is 2.43 bits per heavy atom. The van der Waals surface area contributed by atoms with E-state index in [0.717, 1.165) is 11.5 Å². The Balaban J connectivity index is 2.75. The summed E-state index contributed by atoms with van der Waals surface area (Å²) in [5, 5.41) is 0. The first-order valence-corrected chi connectivity index (χ1v) is 7.08. The molecule has 1 unspecified atom stereocenters. The van der Waals surface area contributed by atoms with Gasteiger partial charge in [-0.15, -0.1) is 0 Å². The Kier molecular flexibility index (Phi) is 4.27. The third-order valence-electron chi connectivity index (χ3n) is 3.84. The van der Waals surface area contributed by atoms with Gasteiger partial charge in [0, 0.05) is 5.56 Å². The van der Waals surface area contributed by atoms with E-state index in [2.05, 4.69) is 73.2 Å². The molecular formula is C19H23N2+. The largest absolute Gasteiger partial charge is 0.270 e. The van der Waals surface area contributed by atoms with Crippen LogP contribution in [0, 0.1) is 0 Å². The van der Waals surface area contributed by atoms with Crippen molar-refractivity contribution in [2.75, 3.05) is 14.1 Å². The maximum absolute atomic E-state index is 4.25. The average molecular weight is 279 g/mol. The van der Waals surface area contributed by atoms with Crippen molar-refractivity contribution in [3.8, 4) is 0 Å². The zero-order valence-corrected chi connectivity index (χ0v) is 13.1. The fraction of sp³-hybridized carbons (Fsp3) is 0.211. The van der Waals surface area contributed by atoms with Crippen molar-refractivity contribution in [3.05, 3.63) is 85.3 Å². The maximum atomic E-state index is 4.25. The molecule has 0 radical (unpaired) electrons. The molecule has 0 bridgehead atoms. The van der Waals surface area contributed by atoms with Crippen molar-refractivity contribution in [2.45, 2.75) is 12.5 Å². The van der Waals surface area contributed by atoms with Crippen LogP contribution in [-0.2, 0) is 5.54 Å². The molecular weight excluding hydrogens is 256 g/mol. The Morgan fingerprint density at radius 2 is 1.86 bits per heavy atom. The molecule has 2 nitrogen and oxygen atoms in total. The molecule has 0 saturated carbocycles. The van der Waals surface area contributed by atoms with Crippen LogP contribution in [0.2, 0.25) is 0 Å². The fourth-order valence-corrected chi connectivity index (χ4v) is 2.66. The van der Waals surface area contributed by atoms with E-state index < -0.39 is 5.54 Å². The first-order valence-electron chi connectivity index (χ1n) is 7.08. The minimum Gasteiger partial charge on any atom is -0.268 e. The van der Waals surface area contributed by atoms with Crippen molar-refractivity contribution in [2.24, 2.45) is 0 Å². The third kappa shape index (κ3) is 2.62. The van der Waals surface area contributed by atoms with Crippen molar-refractivity contribution in [1.29, 1.82) is 0 Å². The molecule has 0 spiro atoms. The molecule has 0 aromatic heterocycles. The van der Waals surface area contributed by atoms with Crippen molar-refractivity contribution in [1.82, 2.24) is 4.90 Å². The zero-order chi connectivity index (χ0) is 15.5. The van der Waals surface area contributed by atoms with Crippen molar-refractivity contribution < 1.29 is 4.58 Å². The number of hydrogen-bond acceptors (Lipinski definition) is 1. The van der Waals surface area contributed by atoms with Crippen LogP contribution >= 0.6 is 0 Å². The van der Waals surface area contributed by atoms with E-state index in [9.17, 15) is 0 Å². The van der Waals surface area contributed by atoms with Gasteiger partial charge in [0.25, 0.3) is 5.82 Å². The van der Waals surface area contributed by atoms with Crippen molar-refractivity contribution in [3.63, 3.8) is 0 Å². The highest BCUT2D eigenvalue weighted by Gasteiger charge is 2.38. The predicted octanol–water partition coefficient (Wildman–Crippen LogP) is 3.70. The molecule has 0 amide bonds. The lowest BCUT2D eigenvalue weighted by molar-refractivity contribution is -0.558. The highest BCUT2D eigenvalue weighted by atomic mass is 15.3. The molecule has 1 heterocycles. The van der Waals surface area contributed by atoms with Crippen LogP contribution in [0.3, 0.4) is 0 Å². The monoisotopic (exact) mass is 279 g/mol. The molecule has 1 aliphatic rings. The Hall–Kier alpha value is -2.35. The topological polar surface area (TPSA) is 6.25 Å². The highest BCUT2D eigenvalue weighted by Crippen LogP contribution is 2.33. The SMILES string of the molecule is C=CC1(c2ccccc2)C=CC=CC(C)=[N+]1C(=C)N(C)C. The van der Waals surface area contributed by atoms with E-state index in [1.54, 1.807) is 0 Å². The van der Waals surface area contributed by atoms with Gasteiger partial charge < -0.3 is 0 Å². The maximum Gasteiger partial charge on any atom is 0.270 e.